The van der Waals surface area contributed by atoms with Gasteiger partial charge in [0.1, 0.15) is 0 Å². The first-order valence-corrected chi connectivity index (χ1v) is 7.90. The highest BCUT2D eigenvalue weighted by Gasteiger charge is 2.26. The molecule has 1 aromatic rings. The Kier molecular flexibility index (Phi) is 4.66. The van der Waals surface area contributed by atoms with Crippen LogP contribution in [0.3, 0.4) is 0 Å². The number of benzene rings is 1. The number of ether oxygens (including phenoxy) is 3. The van der Waals surface area contributed by atoms with Crippen molar-refractivity contribution in [3.05, 3.63) is 23.3 Å². The van der Waals surface area contributed by atoms with Crippen LogP contribution in [0.4, 0.5) is 0 Å². The molecule has 1 saturated heterocycles. The third kappa shape index (κ3) is 3.16. The quantitative estimate of drug-likeness (QED) is 0.853. The molecular weight excluding hydrogens is 266 g/mol. The maximum Gasteiger partial charge on any atom is 0.161 e. The summed E-state index contributed by atoms with van der Waals surface area (Å²) in [4.78, 5) is 2.53. The van der Waals surface area contributed by atoms with Gasteiger partial charge in [0.2, 0.25) is 0 Å². The summed E-state index contributed by atoms with van der Waals surface area (Å²) in [7, 11) is 3.38. The zero-order chi connectivity index (χ0) is 14.7. The van der Waals surface area contributed by atoms with Gasteiger partial charge < -0.3 is 19.1 Å². The van der Waals surface area contributed by atoms with E-state index in [2.05, 4.69) is 17.0 Å². The fourth-order valence-electron chi connectivity index (χ4n) is 3.38. The third-order valence-corrected chi connectivity index (χ3v) is 4.56. The van der Waals surface area contributed by atoms with Crippen molar-refractivity contribution >= 4 is 0 Å². The monoisotopic (exact) mass is 291 g/mol. The molecule has 0 saturated carbocycles. The zero-order valence-corrected chi connectivity index (χ0v) is 13.1. The first-order valence-electron chi connectivity index (χ1n) is 7.90. The Morgan fingerprint density at radius 1 is 1.10 bits per heavy atom. The fraction of sp³-hybridized carbons (Fsp3) is 0.647. The van der Waals surface area contributed by atoms with E-state index >= 15 is 0 Å². The zero-order valence-electron chi connectivity index (χ0n) is 13.1. The van der Waals surface area contributed by atoms with Crippen molar-refractivity contribution in [2.45, 2.75) is 31.8 Å². The van der Waals surface area contributed by atoms with Gasteiger partial charge in [-0.3, -0.25) is 0 Å². The Bertz CT molecular complexity index is 483. The first kappa shape index (κ1) is 14.7. The van der Waals surface area contributed by atoms with Crippen molar-refractivity contribution in [2.75, 3.05) is 40.5 Å². The van der Waals surface area contributed by atoms with Crippen molar-refractivity contribution in [1.82, 2.24) is 4.90 Å². The average molecular weight is 291 g/mol. The van der Waals surface area contributed by atoms with Gasteiger partial charge in [-0.1, -0.05) is 6.42 Å². The minimum Gasteiger partial charge on any atom is -0.493 e. The van der Waals surface area contributed by atoms with Crippen molar-refractivity contribution < 1.29 is 14.2 Å². The Morgan fingerprint density at radius 2 is 1.81 bits per heavy atom. The summed E-state index contributed by atoms with van der Waals surface area (Å²) in [5.74, 6) is 1.61. The van der Waals surface area contributed by atoms with Gasteiger partial charge in [0.25, 0.3) is 0 Å². The lowest BCUT2D eigenvalue weighted by Crippen LogP contribution is -2.35. The molecule has 116 valence electrons. The Labute approximate surface area is 127 Å². The molecule has 2 aliphatic heterocycles. The fourth-order valence-corrected chi connectivity index (χ4v) is 3.38. The lowest BCUT2D eigenvalue weighted by atomic mass is 9.95. The molecule has 1 unspecified atom stereocenters. The SMILES string of the molecule is COc1cc2c(cc1OC)C(CN1CCCCC1)OCC2. The summed E-state index contributed by atoms with van der Waals surface area (Å²) in [6.45, 7) is 4.18. The predicted molar refractivity (Wildman–Crippen MR) is 82.2 cm³/mol. The van der Waals surface area contributed by atoms with Crippen LogP contribution in [0.15, 0.2) is 12.1 Å². The molecule has 0 bridgehead atoms. The van der Waals surface area contributed by atoms with Crippen LogP contribution >= 0.6 is 0 Å². The minimum absolute atomic E-state index is 0.159. The van der Waals surface area contributed by atoms with E-state index in [4.69, 9.17) is 14.2 Å². The summed E-state index contributed by atoms with van der Waals surface area (Å²) < 4.78 is 16.9. The van der Waals surface area contributed by atoms with Crippen molar-refractivity contribution in [1.29, 1.82) is 0 Å². The van der Waals surface area contributed by atoms with E-state index in [1.165, 1.54) is 43.5 Å². The molecule has 0 spiro atoms. The van der Waals surface area contributed by atoms with Gasteiger partial charge in [-0.25, -0.2) is 0 Å². The number of piperidine rings is 1. The second kappa shape index (κ2) is 6.67. The largest absolute Gasteiger partial charge is 0.493 e. The summed E-state index contributed by atoms with van der Waals surface area (Å²) in [6.07, 6.45) is 5.10. The summed E-state index contributed by atoms with van der Waals surface area (Å²) in [5.41, 5.74) is 2.60. The molecule has 3 rings (SSSR count). The standard InChI is InChI=1S/C17H25NO3/c1-19-15-10-13-6-9-21-17(14(13)11-16(15)20-2)12-18-7-4-3-5-8-18/h10-11,17H,3-9,12H2,1-2H3. The van der Waals surface area contributed by atoms with Gasteiger partial charge in [-0.05, 0) is 55.6 Å². The van der Waals surface area contributed by atoms with E-state index < -0.39 is 0 Å². The summed E-state index contributed by atoms with van der Waals surface area (Å²) >= 11 is 0. The van der Waals surface area contributed by atoms with Gasteiger partial charge in [-0.2, -0.15) is 0 Å². The van der Waals surface area contributed by atoms with E-state index in [1.54, 1.807) is 14.2 Å². The molecule has 1 atom stereocenters. The lowest BCUT2D eigenvalue weighted by Gasteiger charge is -2.33. The minimum atomic E-state index is 0.159. The van der Waals surface area contributed by atoms with Gasteiger partial charge in [0.15, 0.2) is 11.5 Å². The maximum absolute atomic E-state index is 6.04. The van der Waals surface area contributed by atoms with Crippen LogP contribution in [0, 0.1) is 0 Å². The molecule has 0 radical (unpaired) electrons. The van der Waals surface area contributed by atoms with Gasteiger partial charge >= 0.3 is 0 Å². The predicted octanol–water partition coefficient (Wildman–Crippen LogP) is 2.80. The molecule has 21 heavy (non-hydrogen) atoms. The lowest BCUT2D eigenvalue weighted by molar-refractivity contribution is 0.0119. The number of hydrogen-bond acceptors (Lipinski definition) is 4. The molecule has 4 nitrogen and oxygen atoms in total. The average Bonchev–Trinajstić information content (AvgIpc) is 2.55. The normalized spacial score (nSPS) is 22.7. The van der Waals surface area contributed by atoms with Crippen LogP contribution < -0.4 is 9.47 Å². The van der Waals surface area contributed by atoms with E-state index in [0.29, 0.717) is 0 Å². The second-order valence-corrected chi connectivity index (χ2v) is 5.88. The third-order valence-electron chi connectivity index (χ3n) is 4.56. The van der Waals surface area contributed by atoms with E-state index in [-0.39, 0.29) is 6.10 Å². The van der Waals surface area contributed by atoms with Crippen molar-refractivity contribution in [3.63, 3.8) is 0 Å². The Balaban J connectivity index is 1.82. The van der Waals surface area contributed by atoms with Gasteiger partial charge in [-0.15, -0.1) is 0 Å². The summed E-state index contributed by atoms with van der Waals surface area (Å²) in [6, 6.07) is 4.21. The molecule has 1 fully saturated rings. The number of fused-ring (bicyclic) bond motifs is 1. The second-order valence-electron chi connectivity index (χ2n) is 5.88. The number of hydrogen-bond donors (Lipinski definition) is 0. The topological polar surface area (TPSA) is 30.9 Å². The molecule has 4 heteroatoms. The van der Waals surface area contributed by atoms with Crippen LogP contribution in [0.25, 0.3) is 0 Å². The molecular formula is C17H25NO3. The van der Waals surface area contributed by atoms with Crippen LogP contribution in [0.2, 0.25) is 0 Å². The highest BCUT2D eigenvalue weighted by molar-refractivity contribution is 5.49. The highest BCUT2D eigenvalue weighted by atomic mass is 16.5. The van der Waals surface area contributed by atoms with Crippen LogP contribution in [-0.2, 0) is 11.2 Å². The van der Waals surface area contributed by atoms with Crippen LogP contribution in [0.1, 0.15) is 36.5 Å². The van der Waals surface area contributed by atoms with E-state index in [0.717, 1.165) is 31.1 Å². The first-order chi connectivity index (χ1) is 10.3. The summed E-state index contributed by atoms with van der Waals surface area (Å²) in [5, 5.41) is 0. The Hall–Kier alpha value is -1.26. The molecule has 2 heterocycles. The molecule has 1 aromatic carbocycles. The molecule has 0 aliphatic carbocycles. The smallest absolute Gasteiger partial charge is 0.161 e. The van der Waals surface area contributed by atoms with Gasteiger partial charge in [0.05, 0.1) is 26.9 Å². The van der Waals surface area contributed by atoms with Crippen LogP contribution in [0.5, 0.6) is 11.5 Å². The van der Waals surface area contributed by atoms with Crippen molar-refractivity contribution in [3.8, 4) is 11.5 Å². The molecule has 0 aromatic heterocycles. The Morgan fingerprint density at radius 3 is 2.52 bits per heavy atom. The van der Waals surface area contributed by atoms with E-state index in [1.807, 2.05) is 0 Å². The highest BCUT2D eigenvalue weighted by Crippen LogP contribution is 2.37. The van der Waals surface area contributed by atoms with Gasteiger partial charge in [0, 0.05) is 6.54 Å². The number of rotatable bonds is 4. The molecule has 0 amide bonds. The number of nitrogens with zero attached hydrogens (tertiary/aromatic N) is 1. The number of methoxy groups -OCH3 is 2. The van der Waals surface area contributed by atoms with Crippen LogP contribution in [-0.4, -0.2) is 45.4 Å². The number of likely N-dealkylation sites (tertiary alicyclic amines) is 1. The molecule has 2 aliphatic rings. The van der Waals surface area contributed by atoms with E-state index in [9.17, 15) is 0 Å². The maximum atomic E-state index is 6.04. The van der Waals surface area contributed by atoms with Crippen molar-refractivity contribution in [2.24, 2.45) is 0 Å². The molecule has 0 N–H and O–H groups in total.